The van der Waals surface area contributed by atoms with Gasteiger partial charge >= 0.3 is 0 Å². The third kappa shape index (κ3) is 1.13. The van der Waals surface area contributed by atoms with E-state index in [4.69, 9.17) is 0 Å². The number of pyridine rings is 1. The van der Waals surface area contributed by atoms with Gasteiger partial charge in [0.25, 0.3) is 0 Å². The number of carbonyl (C=O) groups is 1. The van der Waals surface area contributed by atoms with Crippen LogP contribution in [0.15, 0.2) is 24.5 Å². The first-order chi connectivity index (χ1) is 6.86. The molecule has 1 aliphatic carbocycles. The standard InChI is InChI=1S/C11H10N2O/c14-7-8-3-4-13-6-10(9-1-2-9)12-11(13)5-8/h3-7,9H,1-2H2. The van der Waals surface area contributed by atoms with Gasteiger partial charge in [-0.2, -0.15) is 0 Å². The van der Waals surface area contributed by atoms with Gasteiger partial charge in [-0.3, -0.25) is 4.79 Å². The second-order valence-electron chi connectivity index (χ2n) is 3.78. The zero-order chi connectivity index (χ0) is 9.54. The fourth-order valence-corrected chi connectivity index (χ4v) is 1.67. The maximum Gasteiger partial charge on any atom is 0.150 e. The SMILES string of the molecule is O=Cc1ccn2cc(C3CC3)nc2c1. The number of aldehydes is 1. The van der Waals surface area contributed by atoms with Gasteiger partial charge in [0.2, 0.25) is 0 Å². The van der Waals surface area contributed by atoms with Crippen LogP contribution in [0.5, 0.6) is 0 Å². The molecule has 70 valence electrons. The Labute approximate surface area is 81.4 Å². The summed E-state index contributed by atoms with van der Waals surface area (Å²) in [7, 11) is 0. The molecular formula is C11H10N2O. The Kier molecular flexibility index (Phi) is 1.48. The first-order valence-electron chi connectivity index (χ1n) is 4.80. The molecule has 0 bridgehead atoms. The maximum absolute atomic E-state index is 10.6. The monoisotopic (exact) mass is 186 g/mol. The molecule has 0 unspecified atom stereocenters. The highest BCUT2D eigenvalue weighted by Gasteiger charge is 2.26. The predicted octanol–water partition coefficient (Wildman–Crippen LogP) is 2.02. The van der Waals surface area contributed by atoms with Gasteiger partial charge in [-0.1, -0.05) is 0 Å². The van der Waals surface area contributed by atoms with Crippen molar-refractivity contribution in [1.82, 2.24) is 9.38 Å². The van der Waals surface area contributed by atoms with Crippen molar-refractivity contribution in [2.75, 3.05) is 0 Å². The molecule has 2 heterocycles. The lowest BCUT2D eigenvalue weighted by molar-refractivity contribution is 0.112. The van der Waals surface area contributed by atoms with E-state index in [0.29, 0.717) is 11.5 Å². The third-order valence-corrected chi connectivity index (χ3v) is 2.63. The molecule has 2 aromatic heterocycles. The van der Waals surface area contributed by atoms with E-state index in [1.54, 1.807) is 6.07 Å². The van der Waals surface area contributed by atoms with Crippen LogP contribution in [0.4, 0.5) is 0 Å². The molecule has 0 aromatic carbocycles. The van der Waals surface area contributed by atoms with Crippen molar-refractivity contribution in [2.24, 2.45) is 0 Å². The van der Waals surface area contributed by atoms with Crippen LogP contribution in [0.1, 0.15) is 34.8 Å². The van der Waals surface area contributed by atoms with Gasteiger partial charge in [0.05, 0.1) is 5.69 Å². The molecule has 0 spiro atoms. The Hall–Kier alpha value is -1.64. The number of rotatable bonds is 2. The first-order valence-corrected chi connectivity index (χ1v) is 4.80. The van der Waals surface area contributed by atoms with Crippen LogP contribution < -0.4 is 0 Å². The lowest BCUT2D eigenvalue weighted by atomic mass is 10.3. The summed E-state index contributed by atoms with van der Waals surface area (Å²) < 4.78 is 1.97. The summed E-state index contributed by atoms with van der Waals surface area (Å²) in [6.45, 7) is 0. The molecular weight excluding hydrogens is 176 g/mol. The van der Waals surface area contributed by atoms with Gasteiger partial charge in [0, 0.05) is 23.9 Å². The zero-order valence-electron chi connectivity index (χ0n) is 7.68. The molecule has 0 aliphatic heterocycles. The van der Waals surface area contributed by atoms with E-state index in [1.165, 1.54) is 12.8 Å². The Bertz CT molecular complexity index is 497. The molecule has 0 N–H and O–H groups in total. The molecule has 0 atom stereocenters. The molecule has 3 nitrogen and oxygen atoms in total. The van der Waals surface area contributed by atoms with Crippen LogP contribution in [-0.4, -0.2) is 15.7 Å². The Morgan fingerprint density at radius 1 is 1.50 bits per heavy atom. The molecule has 1 aliphatic rings. The van der Waals surface area contributed by atoms with Crippen molar-refractivity contribution < 1.29 is 4.79 Å². The summed E-state index contributed by atoms with van der Waals surface area (Å²) in [6.07, 6.45) is 7.31. The van der Waals surface area contributed by atoms with E-state index in [2.05, 4.69) is 11.2 Å². The number of hydrogen-bond donors (Lipinski definition) is 0. The van der Waals surface area contributed by atoms with E-state index in [-0.39, 0.29) is 0 Å². The largest absolute Gasteiger partial charge is 0.307 e. The molecule has 1 fully saturated rings. The van der Waals surface area contributed by atoms with E-state index in [1.807, 2.05) is 16.7 Å². The number of fused-ring (bicyclic) bond motifs is 1. The molecule has 0 saturated heterocycles. The second kappa shape index (κ2) is 2.67. The fraction of sp³-hybridized carbons (Fsp3) is 0.273. The summed E-state index contributed by atoms with van der Waals surface area (Å²) >= 11 is 0. The number of carbonyl (C=O) groups excluding carboxylic acids is 1. The topological polar surface area (TPSA) is 34.4 Å². The highest BCUT2D eigenvalue weighted by molar-refractivity contribution is 5.76. The van der Waals surface area contributed by atoms with Gasteiger partial charge < -0.3 is 4.40 Å². The van der Waals surface area contributed by atoms with Gasteiger partial charge in [-0.25, -0.2) is 4.98 Å². The fourth-order valence-electron chi connectivity index (χ4n) is 1.67. The first kappa shape index (κ1) is 7.74. The van der Waals surface area contributed by atoms with Crippen molar-refractivity contribution in [1.29, 1.82) is 0 Å². The van der Waals surface area contributed by atoms with Crippen LogP contribution in [0.3, 0.4) is 0 Å². The summed E-state index contributed by atoms with van der Waals surface area (Å²) in [5, 5.41) is 0. The maximum atomic E-state index is 10.6. The van der Waals surface area contributed by atoms with Crippen LogP contribution in [0, 0.1) is 0 Å². The van der Waals surface area contributed by atoms with Crippen molar-refractivity contribution in [3.05, 3.63) is 35.8 Å². The third-order valence-electron chi connectivity index (χ3n) is 2.63. The van der Waals surface area contributed by atoms with Gasteiger partial charge in [0.1, 0.15) is 11.9 Å². The van der Waals surface area contributed by atoms with Crippen molar-refractivity contribution in [3.63, 3.8) is 0 Å². The molecule has 2 aromatic rings. The normalized spacial score (nSPS) is 16.0. The Balaban J connectivity index is 2.17. The quantitative estimate of drug-likeness (QED) is 0.672. The molecule has 14 heavy (non-hydrogen) atoms. The lowest BCUT2D eigenvalue weighted by Gasteiger charge is -1.91. The van der Waals surface area contributed by atoms with Gasteiger partial charge in [0.15, 0.2) is 0 Å². The Morgan fingerprint density at radius 2 is 2.36 bits per heavy atom. The minimum atomic E-state index is 0.662. The number of imidazole rings is 1. The zero-order valence-corrected chi connectivity index (χ0v) is 7.68. The van der Waals surface area contributed by atoms with E-state index < -0.39 is 0 Å². The molecule has 3 rings (SSSR count). The van der Waals surface area contributed by atoms with Crippen molar-refractivity contribution >= 4 is 11.9 Å². The number of nitrogens with zero attached hydrogens (tertiary/aromatic N) is 2. The smallest absolute Gasteiger partial charge is 0.150 e. The minimum absolute atomic E-state index is 0.662. The summed E-state index contributed by atoms with van der Waals surface area (Å²) in [5.41, 5.74) is 2.72. The Morgan fingerprint density at radius 3 is 3.07 bits per heavy atom. The molecule has 0 amide bonds. The van der Waals surface area contributed by atoms with Gasteiger partial charge in [-0.15, -0.1) is 0 Å². The number of hydrogen-bond acceptors (Lipinski definition) is 2. The van der Waals surface area contributed by atoms with Crippen LogP contribution in [-0.2, 0) is 0 Å². The predicted molar refractivity (Wildman–Crippen MR) is 52.6 cm³/mol. The lowest BCUT2D eigenvalue weighted by Crippen LogP contribution is -1.85. The number of aromatic nitrogens is 2. The highest BCUT2D eigenvalue weighted by atomic mass is 16.1. The highest BCUT2D eigenvalue weighted by Crippen LogP contribution is 2.39. The van der Waals surface area contributed by atoms with Crippen LogP contribution >= 0.6 is 0 Å². The van der Waals surface area contributed by atoms with E-state index in [0.717, 1.165) is 17.6 Å². The second-order valence-corrected chi connectivity index (χ2v) is 3.78. The van der Waals surface area contributed by atoms with Crippen molar-refractivity contribution in [3.8, 4) is 0 Å². The molecule has 1 saturated carbocycles. The summed E-state index contributed by atoms with van der Waals surface area (Å²) in [6, 6.07) is 3.62. The molecule has 3 heteroatoms. The van der Waals surface area contributed by atoms with Crippen molar-refractivity contribution in [2.45, 2.75) is 18.8 Å². The average molecular weight is 186 g/mol. The van der Waals surface area contributed by atoms with E-state index >= 15 is 0 Å². The summed E-state index contributed by atoms with van der Waals surface area (Å²) in [4.78, 5) is 15.1. The van der Waals surface area contributed by atoms with E-state index in [9.17, 15) is 4.79 Å². The minimum Gasteiger partial charge on any atom is -0.307 e. The van der Waals surface area contributed by atoms with Crippen LogP contribution in [0.25, 0.3) is 5.65 Å². The molecule has 0 radical (unpaired) electrons. The van der Waals surface area contributed by atoms with Crippen LogP contribution in [0.2, 0.25) is 0 Å². The van der Waals surface area contributed by atoms with Gasteiger partial charge in [-0.05, 0) is 25.0 Å². The summed E-state index contributed by atoms with van der Waals surface area (Å²) in [5.74, 6) is 0.662. The average Bonchev–Trinajstić information content (AvgIpc) is 2.97.